The molecular formula is C12H15NO2. The van der Waals surface area contributed by atoms with Gasteiger partial charge in [0.1, 0.15) is 5.75 Å². The number of benzene rings is 1. The second-order valence-corrected chi connectivity index (χ2v) is 4.04. The zero-order valence-electron chi connectivity index (χ0n) is 9.04. The fourth-order valence-corrected chi connectivity index (χ4v) is 1.90. The Morgan fingerprint density at radius 3 is 3.00 bits per heavy atom. The molecule has 1 heterocycles. The lowest BCUT2D eigenvalue weighted by Gasteiger charge is -2.08. The third-order valence-electron chi connectivity index (χ3n) is 2.74. The molecule has 1 aliphatic rings. The highest BCUT2D eigenvalue weighted by Gasteiger charge is 2.18. The summed E-state index contributed by atoms with van der Waals surface area (Å²) < 4.78 is 5.16. The van der Waals surface area contributed by atoms with E-state index in [0.29, 0.717) is 5.92 Å². The molecule has 0 radical (unpaired) electrons. The Morgan fingerprint density at radius 2 is 2.27 bits per heavy atom. The molecule has 0 bridgehead atoms. The summed E-state index contributed by atoms with van der Waals surface area (Å²) in [6.07, 6.45) is 0.922. The van der Waals surface area contributed by atoms with E-state index in [4.69, 9.17) is 4.74 Å². The maximum atomic E-state index is 11.7. The number of fused-ring (bicyclic) bond motifs is 1. The minimum Gasteiger partial charge on any atom is -0.497 e. The molecule has 0 saturated carbocycles. The Morgan fingerprint density at radius 1 is 1.47 bits per heavy atom. The highest BCUT2D eigenvalue weighted by Crippen LogP contribution is 2.22. The van der Waals surface area contributed by atoms with Crippen molar-refractivity contribution in [3.63, 3.8) is 0 Å². The smallest absolute Gasteiger partial charge is 0.251 e. The Hall–Kier alpha value is -1.51. The molecule has 1 unspecified atom stereocenters. The summed E-state index contributed by atoms with van der Waals surface area (Å²) in [4.78, 5) is 11.7. The van der Waals surface area contributed by atoms with Gasteiger partial charge in [-0.05, 0) is 36.1 Å². The van der Waals surface area contributed by atoms with E-state index in [2.05, 4.69) is 12.2 Å². The lowest BCUT2D eigenvalue weighted by atomic mass is 9.98. The van der Waals surface area contributed by atoms with E-state index in [9.17, 15) is 4.79 Å². The fraction of sp³-hybridized carbons (Fsp3) is 0.417. The van der Waals surface area contributed by atoms with Crippen molar-refractivity contribution in [1.29, 1.82) is 0 Å². The van der Waals surface area contributed by atoms with Gasteiger partial charge >= 0.3 is 0 Å². The van der Waals surface area contributed by atoms with E-state index in [0.717, 1.165) is 29.8 Å². The van der Waals surface area contributed by atoms with Gasteiger partial charge in [0.2, 0.25) is 0 Å². The van der Waals surface area contributed by atoms with E-state index in [-0.39, 0.29) is 5.91 Å². The number of ether oxygens (including phenoxy) is 1. The Balaban J connectivity index is 2.43. The van der Waals surface area contributed by atoms with Crippen molar-refractivity contribution < 1.29 is 9.53 Å². The van der Waals surface area contributed by atoms with Gasteiger partial charge in [-0.3, -0.25) is 4.79 Å². The normalized spacial score (nSPS) is 20.1. The van der Waals surface area contributed by atoms with Gasteiger partial charge < -0.3 is 10.1 Å². The molecule has 1 N–H and O–H groups in total. The molecule has 0 saturated heterocycles. The number of amides is 1. The number of hydrogen-bond acceptors (Lipinski definition) is 2. The number of methoxy groups -OCH3 is 1. The molecule has 0 aromatic heterocycles. The molecule has 80 valence electrons. The molecule has 15 heavy (non-hydrogen) atoms. The van der Waals surface area contributed by atoms with Crippen LogP contribution in [0.2, 0.25) is 0 Å². The molecule has 0 aliphatic carbocycles. The third kappa shape index (κ3) is 1.96. The highest BCUT2D eigenvalue weighted by molar-refractivity contribution is 5.96. The van der Waals surface area contributed by atoms with E-state index in [1.165, 1.54) is 0 Å². The van der Waals surface area contributed by atoms with Crippen molar-refractivity contribution in [3.05, 3.63) is 29.3 Å². The second kappa shape index (κ2) is 3.93. The van der Waals surface area contributed by atoms with Crippen molar-refractivity contribution >= 4 is 5.91 Å². The largest absolute Gasteiger partial charge is 0.497 e. The molecule has 0 fully saturated rings. The first-order valence-corrected chi connectivity index (χ1v) is 5.16. The SMILES string of the molecule is COc1ccc2c(c1)CC(C)CNC2=O. The summed E-state index contributed by atoms with van der Waals surface area (Å²) in [6, 6.07) is 5.62. The van der Waals surface area contributed by atoms with Crippen LogP contribution in [0, 0.1) is 5.92 Å². The second-order valence-electron chi connectivity index (χ2n) is 4.04. The molecule has 3 heteroatoms. The maximum Gasteiger partial charge on any atom is 0.251 e. The molecule has 1 aromatic carbocycles. The number of hydrogen-bond donors (Lipinski definition) is 1. The zero-order valence-corrected chi connectivity index (χ0v) is 9.04. The van der Waals surface area contributed by atoms with Gasteiger partial charge in [-0.1, -0.05) is 6.92 Å². The first kappa shape index (κ1) is 10.0. The standard InChI is InChI=1S/C12H15NO2/c1-8-5-9-6-10(15-2)3-4-11(9)12(14)13-7-8/h3-4,6,8H,5,7H2,1-2H3,(H,13,14). The first-order valence-electron chi connectivity index (χ1n) is 5.16. The van der Waals surface area contributed by atoms with E-state index in [1.54, 1.807) is 7.11 Å². The molecule has 2 rings (SSSR count). The Kier molecular flexibility index (Phi) is 2.62. The topological polar surface area (TPSA) is 38.3 Å². The Labute approximate surface area is 89.4 Å². The highest BCUT2D eigenvalue weighted by atomic mass is 16.5. The summed E-state index contributed by atoms with van der Waals surface area (Å²) in [5.74, 6) is 1.31. The molecule has 3 nitrogen and oxygen atoms in total. The van der Waals surface area contributed by atoms with Crippen LogP contribution >= 0.6 is 0 Å². The van der Waals surface area contributed by atoms with Crippen LogP contribution in [0.3, 0.4) is 0 Å². The van der Waals surface area contributed by atoms with Gasteiger partial charge in [-0.15, -0.1) is 0 Å². The average Bonchev–Trinajstić information content (AvgIpc) is 2.38. The molecule has 1 amide bonds. The van der Waals surface area contributed by atoms with Crippen molar-refractivity contribution in [2.45, 2.75) is 13.3 Å². The molecule has 1 aromatic rings. The Bertz CT molecular complexity index is 387. The lowest BCUT2D eigenvalue weighted by Crippen LogP contribution is -2.25. The molecule has 1 atom stereocenters. The number of carbonyl (C=O) groups excluding carboxylic acids is 1. The van der Waals surface area contributed by atoms with Crippen LogP contribution < -0.4 is 10.1 Å². The van der Waals surface area contributed by atoms with Gasteiger partial charge in [0.05, 0.1) is 7.11 Å². The van der Waals surface area contributed by atoms with Crippen molar-refractivity contribution in [3.8, 4) is 5.75 Å². The summed E-state index contributed by atoms with van der Waals surface area (Å²) in [5.41, 5.74) is 1.86. The lowest BCUT2D eigenvalue weighted by molar-refractivity contribution is 0.0952. The van der Waals surface area contributed by atoms with Gasteiger partial charge in [-0.25, -0.2) is 0 Å². The van der Waals surface area contributed by atoms with Gasteiger partial charge in [-0.2, -0.15) is 0 Å². The number of nitrogens with one attached hydrogen (secondary N) is 1. The summed E-state index contributed by atoms with van der Waals surface area (Å²) >= 11 is 0. The predicted octanol–water partition coefficient (Wildman–Crippen LogP) is 1.62. The van der Waals surface area contributed by atoms with E-state index in [1.807, 2.05) is 18.2 Å². The summed E-state index contributed by atoms with van der Waals surface area (Å²) in [7, 11) is 1.64. The minimum atomic E-state index is 0.0250. The number of rotatable bonds is 1. The predicted molar refractivity (Wildman–Crippen MR) is 58.2 cm³/mol. The van der Waals surface area contributed by atoms with Crippen molar-refractivity contribution in [1.82, 2.24) is 5.32 Å². The summed E-state index contributed by atoms with van der Waals surface area (Å²) in [6.45, 7) is 2.88. The van der Waals surface area contributed by atoms with Crippen molar-refractivity contribution in [2.75, 3.05) is 13.7 Å². The first-order chi connectivity index (χ1) is 7.20. The van der Waals surface area contributed by atoms with Crippen LogP contribution in [0.25, 0.3) is 0 Å². The molecule has 1 aliphatic heterocycles. The van der Waals surface area contributed by atoms with Crippen LogP contribution in [0.1, 0.15) is 22.8 Å². The van der Waals surface area contributed by atoms with Crippen LogP contribution in [-0.2, 0) is 6.42 Å². The molecule has 0 spiro atoms. The third-order valence-corrected chi connectivity index (χ3v) is 2.74. The van der Waals surface area contributed by atoms with Gasteiger partial charge in [0.15, 0.2) is 0 Å². The zero-order chi connectivity index (χ0) is 10.8. The average molecular weight is 205 g/mol. The minimum absolute atomic E-state index is 0.0250. The van der Waals surface area contributed by atoms with E-state index >= 15 is 0 Å². The number of carbonyl (C=O) groups is 1. The van der Waals surface area contributed by atoms with E-state index < -0.39 is 0 Å². The van der Waals surface area contributed by atoms with Gasteiger partial charge in [0.25, 0.3) is 5.91 Å². The molecular weight excluding hydrogens is 190 g/mol. The van der Waals surface area contributed by atoms with Gasteiger partial charge in [0, 0.05) is 12.1 Å². The quantitative estimate of drug-likeness (QED) is 0.756. The monoisotopic (exact) mass is 205 g/mol. The van der Waals surface area contributed by atoms with Crippen LogP contribution in [-0.4, -0.2) is 19.6 Å². The fourth-order valence-electron chi connectivity index (χ4n) is 1.90. The van der Waals surface area contributed by atoms with Crippen LogP contribution in [0.4, 0.5) is 0 Å². The summed E-state index contributed by atoms with van der Waals surface area (Å²) in [5, 5.41) is 2.91. The van der Waals surface area contributed by atoms with Crippen LogP contribution in [0.15, 0.2) is 18.2 Å². The van der Waals surface area contributed by atoms with Crippen LogP contribution in [0.5, 0.6) is 5.75 Å². The van der Waals surface area contributed by atoms with Crippen molar-refractivity contribution in [2.24, 2.45) is 5.92 Å². The maximum absolute atomic E-state index is 11.7.